The lowest BCUT2D eigenvalue weighted by atomic mass is 10.2. The summed E-state index contributed by atoms with van der Waals surface area (Å²) in [5.41, 5.74) is 0. The summed E-state index contributed by atoms with van der Waals surface area (Å²) in [6.07, 6.45) is 0.0729. The first-order chi connectivity index (χ1) is 6.11. The van der Waals surface area contributed by atoms with Gasteiger partial charge in [0.1, 0.15) is 0 Å². The van der Waals surface area contributed by atoms with Crippen LogP contribution in [0.2, 0.25) is 0 Å². The van der Waals surface area contributed by atoms with Crippen molar-refractivity contribution in [2.45, 2.75) is 27.7 Å². The highest BCUT2D eigenvalue weighted by atomic mass is 16.7. The molecule has 0 aliphatic carbocycles. The molecule has 0 radical (unpaired) electrons. The molecule has 4 heteroatoms. The number of carbonyl (C=O) groups excluding carboxylic acids is 1. The molecule has 0 saturated carbocycles. The van der Waals surface area contributed by atoms with Crippen LogP contribution in [0.1, 0.15) is 27.7 Å². The van der Waals surface area contributed by atoms with E-state index in [0.29, 0.717) is 13.2 Å². The maximum atomic E-state index is 11.2. The predicted molar refractivity (Wildman–Crippen MR) is 50.5 cm³/mol. The number of hydrogen-bond donors (Lipinski definition) is 0. The van der Waals surface area contributed by atoms with Crippen LogP contribution in [0.4, 0.5) is 0 Å². The summed E-state index contributed by atoms with van der Waals surface area (Å²) >= 11 is 0. The number of ether oxygens (including phenoxy) is 2. The van der Waals surface area contributed by atoms with Gasteiger partial charge in [0.25, 0.3) is 5.91 Å². The maximum Gasteiger partial charge on any atom is 0.391 e. The summed E-state index contributed by atoms with van der Waals surface area (Å²) in [4.78, 5) is 14.8. The zero-order chi connectivity index (χ0) is 10.3. The largest absolute Gasteiger partial charge is 0.451 e. The molecule has 0 spiro atoms. The maximum absolute atomic E-state index is 11.2. The molecular weight excluding hydrogens is 170 g/mol. The van der Waals surface area contributed by atoms with Gasteiger partial charge in [0.15, 0.2) is 0 Å². The normalized spacial score (nSPS) is 9.62. The van der Waals surface area contributed by atoms with Crippen molar-refractivity contribution >= 4 is 12.0 Å². The molecule has 4 nitrogen and oxygen atoms in total. The zero-order valence-corrected chi connectivity index (χ0v) is 8.66. The smallest absolute Gasteiger partial charge is 0.391 e. The fourth-order valence-corrected chi connectivity index (χ4v) is 0.572. The molecule has 0 aromatic carbocycles. The average molecular weight is 187 g/mol. The van der Waals surface area contributed by atoms with Crippen molar-refractivity contribution in [2.75, 3.05) is 13.2 Å². The molecule has 0 N–H and O–H groups in total. The Hall–Kier alpha value is -1.06. The van der Waals surface area contributed by atoms with Gasteiger partial charge in [0.05, 0.1) is 13.2 Å². The van der Waals surface area contributed by atoms with E-state index in [1.807, 2.05) is 13.8 Å². The molecule has 76 valence electrons. The van der Waals surface area contributed by atoms with E-state index in [2.05, 4.69) is 4.99 Å². The van der Waals surface area contributed by atoms with E-state index in [0.717, 1.165) is 0 Å². The first-order valence-corrected chi connectivity index (χ1v) is 4.49. The van der Waals surface area contributed by atoms with E-state index in [4.69, 9.17) is 9.47 Å². The Kier molecular flexibility index (Phi) is 5.93. The third-order valence-corrected chi connectivity index (χ3v) is 1.23. The Morgan fingerprint density at radius 2 is 1.69 bits per heavy atom. The highest BCUT2D eigenvalue weighted by molar-refractivity contribution is 5.88. The van der Waals surface area contributed by atoms with Crippen molar-refractivity contribution in [3.8, 4) is 0 Å². The van der Waals surface area contributed by atoms with Crippen LogP contribution in [-0.2, 0) is 14.3 Å². The summed E-state index contributed by atoms with van der Waals surface area (Å²) < 4.78 is 10.0. The summed E-state index contributed by atoms with van der Waals surface area (Å²) in [6, 6.07) is 0. The van der Waals surface area contributed by atoms with Crippen LogP contribution in [0, 0.1) is 5.92 Å². The lowest BCUT2D eigenvalue weighted by molar-refractivity contribution is -0.120. The zero-order valence-electron chi connectivity index (χ0n) is 8.66. The van der Waals surface area contributed by atoms with E-state index in [1.165, 1.54) is 0 Å². The fourth-order valence-electron chi connectivity index (χ4n) is 0.572. The van der Waals surface area contributed by atoms with Crippen LogP contribution in [0.15, 0.2) is 4.99 Å². The van der Waals surface area contributed by atoms with Gasteiger partial charge in [-0.25, -0.2) is 0 Å². The highest BCUT2D eigenvalue weighted by Crippen LogP contribution is 1.97. The molecule has 0 unspecified atom stereocenters. The topological polar surface area (TPSA) is 47.9 Å². The summed E-state index contributed by atoms with van der Waals surface area (Å²) in [5, 5.41) is 0. The first kappa shape index (κ1) is 11.9. The minimum atomic E-state index is -0.225. The molecule has 0 bridgehead atoms. The number of hydrogen-bond acceptors (Lipinski definition) is 3. The van der Waals surface area contributed by atoms with Gasteiger partial charge < -0.3 is 9.47 Å². The molecule has 0 aromatic rings. The van der Waals surface area contributed by atoms with Crippen LogP contribution in [0.25, 0.3) is 0 Å². The summed E-state index contributed by atoms with van der Waals surface area (Å²) in [5.74, 6) is -0.354. The Labute approximate surface area is 78.9 Å². The monoisotopic (exact) mass is 187 g/mol. The molecule has 0 fully saturated rings. The van der Waals surface area contributed by atoms with Gasteiger partial charge in [-0.1, -0.05) is 13.8 Å². The minimum absolute atomic E-state index is 0.0729. The van der Waals surface area contributed by atoms with Crippen LogP contribution in [-0.4, -0.2) is 25.2 Å². The number of nitrogens with zero attached hydrogens (tertiary/aromatic N) is 1. The van der Waals surface area contributed by atoms with E-state index >= 15 is 0 Å². The quantitative estimate of drug-likeness (QED) is 0.498. The summed E-state index contributed by atoms with van der Waals surface area (Å²) in [6.45, 7) is 8.08. The van der Waals surface area contributed by atoms with E-state index in [-0.39, 0.29) is 17.9 Å². The molecule has 0 saturated heterocycles. The third-order valence-electron chi connectivity index (χ3n) is 1.23. The Balaban J connectivity index is 4.24. The molecule has 0 heterocycles. The number of rotatable bonds is 3. The van der Waals surface area contributed by atoms with Crippen molar-refractivity contribution in [1.29, 1.82) is 0 Å². The van der Waals surface area contributed by atoms with Gasteiger partial charge >= 0.3 is 6.08 Å². The molecule has 0 atom stereocenters. The lowest BCUT2D eigenvalue weighted by Gasteiger charge is -2.06. The van der Waals surface area contributed by atoms with Gasteiger partial charge in [-0.05, 0) is 13.8 Å². The average Bonchev–Trinajstić information content (AvgIpc) is 2.05. The van der Waals surface area contributed by atoms with Gasteiger partial charge in [-0.2, -0.15) is 0 Å². The number of aliphatic imine (C=N–C) groups is 1. The molecular formula is C9H17NO3. The van der Waals surface area contributed by atoms with Gasteiger partial charge in [0.2, 0.25) is 0 Å². The van der Waals surface area contributed by atoms with Gasteiger partial charge in [-0.15, -0.1) is 4.99 Å². The van der Waals surface area contributed by atoms with Crippen molar-refractivity contribution < 1.29 is 14.3 Å². The van der Waals surface area contributed by atoms with Crippen molar-refractivity contribution in [2.24, 2.45) is 10.9 Å². The number of amides is 1. The molecule has 1 amide bonds. The molecule has 0 aliphatic heterocycles. The third kappa shape index (κ3) is 5.22. The fraction of sp³-hybridized carbons (Fsp3) is 0.778. The molecule has 13 heavy (non-hydrogen) atoms. The van der Waals surface area contributed by atoms with Gasteiger partial charge in [-0.3, -0.25) is 4.79 Å². The van der Waals surface area contributed by atoms with Crippen molar-refractivity contribution in [3.05, 3.63) is 0 Å². The summed E-state index contributed by atoms with van der Waals surface area (Å²) in [7, 11) is 0. The molecule has 0 aliphatic rings. The Bertz CT molecular complexity index is 179. The first-order valence-electron chi connectivity index (χ1n) is 4.49. The van der Waals surface area contributed by atoms with Crippen LogP contribution in [0.3, 0.4) is 0 Å². The molecule has 0 aromatic heterocycles. The minimum Gasteiger partial charge on any atom is -0.451 e. The Morgan fingerprint density at radius 1 is 1.23 bits per heavy atom. The number of carbonyl (C=O) groups is 1. The van der Waals surface area contributed by atoms with Crippen LogP contribution in [0.5, 0.6) is 0 Å². The Morgan fingerprint density at radius 3 is 2.00 bits per heavy atom. The van der Waals surface area contributed by atoms with Crippen molar-refractivity contribution in [3.63, 3.8) is 0 Å². The predicted octanol–water partition coefficient (Wildman–Crippen LogP) is 1.60. The standard InChI is InChI=1S/C9H17NO3/c1-5-12-9(13-6-2)10-8(11)7(3)4/h7H,5-6H2,1-4H3. The van der Waals surface area contributed by atoms with Crippen LogP contribution >= 0.6 is 0 Å². The van der Waals surface area contributed by atoms with E-state index in [9.17, 15) is 4.79 Å². The highest BCUT2D eigenvalue weighted by Gasteiger charge is 2.09. The lowest BCUT2D eigenvalue weighted by Crippen LogP contribution is -2.14. The van der Waals surface area contributed by atoms with Crippen molar-refractivity contribution in [1.82, 2.24) is 0 Å². The van der Waals surface area contributed by atoms with E-state index in [1.54, 1.807) is 13.8 Å². The van der Waals surface area contributed by atoms with Gasteiger partial charge in [0, 0.05) is 5.92 Å². The second kappa shape index (κ2) is 6.46. The SMILES string of the molecule is CCOC(=NC(=O)C(C)C)OCC. The second-order valence-corrected chi connectivity index (χ2v) is 2.74. The van der Waals surface area contributed by atoms with Crippen LogP contribution < -0.4 is 0 Å². The van der Waals surface area contributed by atoms with E-state index < -0.39 is 0 Å². The second-order valence-electron chi connectivity index (χ2n) is 2.74. The molecule has 0 rings (SSSR count).